The lowest BCUT2D eigenvalue weighted by Gasteiger charge is -2.19. The van der Waals surface area contributed by atoms with Crippen LogP contribution in [0.15, 0.2) is 55.0 Å². The molecule has 1 aromatic carbocycles. The molecule has 1 aliphatic carbocycles. The van der Waals surface area contributed by atoms with E-state index in [0.29, 0.717) is 29.8 Å². The van der Waals surface area contributed by atoms with Gasteiger partial charge in [0.2, 0.25) is 5.91 Å². The van der Waals surface area contributed by atoms with E-state index in [1.165, 1.54) is 6.33 Å². The van der Waals surface area contributed by atoms with Crippen LogP contribution in [-0.4, -0.2) is 39.2 Å². The molecule has 174 valence electrons. The standard InChI is InChI=1S/C24H24ClN7OS/c25-17-5-3-14(4-6-17)21(28-10-8-26)18-12-19(34-22(18)23-29-13-30-32-23)16-7-9-27-20(11-16)31-24(33)15-1-2-15/h3-7,9,11-13,15,21,28H,1-2,8,10,26H2,(H,27,31,33)(H,29,30,32). The van der Waals surface area contributed by atoms with Crippen molar-refractivity contribution in [2.45, 2.75) is 18.9 Å². The van der Waals surface area contributed by atoms with E-state index in [2.05, 4.69) is 36.9 Å². The minimum Gasteiger partial charge on any atom is -0.329 e. The lowest BCUT2D eigenvalue weighted by atomic mass is 9.98. The van der Waals surface area contributed by atoms with Crippen LogP contribution in [0.25, 0.3) is 21.1 Å². The number of thiophene rings is 1. The Morgan fingerprint density at radius 3 is 2.74 bits per heavy atom. The fraction of sp³-hybridized carbons (Fsp3) is 0.250. The minimum atomic E-state index is -0.123. The van der Waals surface area contributed by atoms with Crippen molar-refractivity contribution in [2.75, 3.05) is 18.4 Å². The Bertz CT molecular complexity index is 1270. The van der Waals surface area contributed by atoms with E-state index in [4.69, 9.17) is 17.3 Å². The number of rotatable bonds is 9. The summed E-state index contributed by atoms with van der Waals surface area (Å²) in [6.45, 7) is 1.15. The summed E-state index contributed by atoms with van der Waals surface area (Å²) < 4.78 is 0. The summed E-state index contributed by atoms with van der Waals surface area (Å²) in [5.74, 6) is 1.40. The van der Waals surface area contributed by atoms with Crippen molar-refractivity contribution in [1.82, 2.24) is 25.5 Å². The second-order valence-corrected chi connectivity index (χ2v) is 9.64. The molecule has 10 heteroatoms. The molecule has 0 radical (unpaired) electrons. The first-order valence-electron chi connectivity index (χ1n) is 11.1. The van der Waals surface area contributed by atoms with Gasteiger partial charge in [0.1, 0.15) is 12.1 Å². The van der Waals surface area contributed by atoms with Crippen LogP contribution >= 0.6 is 22.9 Å². The van der Waals surface area contributed by atoms with Crippen LogP contribution in [-0.2, 0) is 4.79 Å². The van der Waals surface area contributed by atoms with Gasteiger partial charge in [0.05, 0.1) is 10.9 Å². The summed E-state index contributed by atoms with van der Waals surface area (Å²) >= 11 is 7.74. The first-order chi connectivity index (χ1) is 16.6. The average molecular weight is 494 g/mol. The Morgan fingerprint density at radius 2 is 2.03 bits per heavy atom. The largest absolute Gasteiger partial charge is 0.329 e. The van der Waals surface area contributed by atoms with Crippen LogP contribution in [0.4, 0.5) is 5.82 Å². The van der Waals surface area contributed by atoms with Gasteiger partial charge in [-0.15, -0.1) is 11.3 Å². The molecule has 0 aliphatic heterocycles. The van der Waals surface area contributed by atoms with Crippen molar-refractivity contribution < 1.29 is 4.79 Å². The Balaban J connectivity index is 1.55. The molecule has 5 rings (SSSR count). The van der Waals surface area contributed by atoms with Crippen LogP contribution in [0, 0.1) is 5.92 Å². The summed E-state index contributed by atoms with van der Waals surface area (Å²) in [5.41, 5.74) is 8.90. The van der Waals surface area contributed by atoms with Crippen molar-refractivity contribution in [3.63, 3.8) is 0 Å². The smallest absolute Gasteiger partial charge is 0.228 e. The van der Waals surface area contributed by atoms with Crippen molar-refractivity contribution >= 4 is 34.7 Å². The molecule has 5 N–H and O–H groups in total. The molecule has 1 unspecified atom stereocenters. The highest BCUT2D eigenvalue weighted by atomic mass is 35.5. The van der Waals surface area contributed by atoms with E-state index in [1.54, 1.807) is 17.5 Å². The summed E-state index contributed by atoms with van der Waals surface area (Å²) in [5, 5.41) is 14.2. The van der Waals surface area contributed by atoms with E-state index in [0.717, 1.165) is 39.3 Å². The normalized spacial score (nSPS) is 14.2. The Labute approximate surface area is 206 Å². The number of amides is 1. The average Bonchev–Trinajstić information content (AvgIpc) is 3.38. The van der Waals surface area contributed by atoms with Gasteiger partial charge in [0.25, 0.3) is 0 Å². The summed E-state index contributed by atoms with van der Waals surface area (Å²) in [6.07, 6.45) is 5.11. The third-order valence-corrected chi connectivity index (χ3v) is 7.10. The summed E-state index contributed by atoms with van der Waals surface area (Å²) in [7, 11) is 0. The Morgan fingerprint density at radius 1 is 1.21 bits per heavy atom. The van der Waals surface area contributed by atoms with Crippen LogP contribution in [0.2, 0.25) is 5.02 Å². The van der Waals surface area contributed by atoms with Gasteiger partial charge >= 0.3 is 0 Å². The van der Waals surface area contributed by atoms with Gasteiger partial charge in [0, 0.05) is 35.1 Å². The quantitative estimate of drug-likeness (QED) is 0.277. The molecule has 4 aromatic rings. The van der Waals surface area contributed by atoms with Gasteiger partial charge in [-0.2, -0.15) is 5.10 Å². The number of nitrogens with two attached hydrogens (primary N) is 1. The van der Waals surface area contributed by atoms with Crippen LogP contribution in [0.5, 0.6) is 0 Å². The number of hydrogen-bond acceptors (Lipinski definition) is 7. The highest BCUT2D eigenvalue weighted by molar-refractivity contribution is 7.19. The number of carbonyl (C=O) groups is 1. The first-order valence-corrected chi connectivity index (χ1v) is 12.3. The topological polar surface area (TPSA) is 122 Å². The van der Waals surface area contributed by atoms with Crippen molar-refractivity contribution in [2.24, 2.45) is 11.7 Å². The SMILES string of the molecule is NCCNC(c1ccc(Cl)cc1)c1cc(-c2ccnc(NC(=O)C3CC3)c2)sc1-c1ncn[nH]1. The lowest BCUT2D eigenvalue weighted by molar-refractivity contribution is -0.117. The second kappa shape index (κ2) is 10.0. The lowest BCUT2D eigenvalue weighted by Crippen LogP contribution is -2.28. The second-order valence-electron chi connectivity index (χ2n) is 8.15. The Hall–Kier alpha value is -3.11. The number of pyridine rings is 1. The fourth-order valence-electron chi connectivity index (χ4n) is 3.78. The zero-order valence-corrected chi connectivity index (χ0v) is 19.9. The van der Waals surface area contributed by atoms with Crippen LogP contribution in [0.1, 0.15) is 30.0 Å². The van der Waals surface area contributed by atoms with Crippen LogP contribution in [0.3, 0.4) is 0 Å². The van der Waals surface area contributed by atoms with Gasteiger partial charge < -0.3 is 16.4 Å². The number of halogens is 1. The van der Waals surface area contributed by atoms with E-state index in [-0.39, 0.29) is 17.9 Å². The molecule has 1 fully saturated rings. The molecule has 0 spiro atoms. The van der Waals surface area contributed by atoms with E-state index >= 15 is 0 Å². The molecule has 0 bridgehead atoms. The first kappa shape index (κ1) is 22.7. The molecule has 3 heterocycles. The van der Waals surface area contributed by atoms with E-state index < -0.39 is 0 Å². The third-order valence-electron chi connectivity index (χ3n) is 5.64. The van der Waals surface area contributed by atoms with Crippen molar-refractivity contribution in [3.05, 3.63) is 71.1 Å². The van der Waals surface area contributed by atoms with Crippen molar-refractivity contribution in [1.29, 1.82) is 0 Å². The number of nitrogens with one attached hydrogen (secondary N) is 3. The third kappa shape index (κ3) is 5.02. The molecular weight excluding hydrogens is 470 g/mol. The van der Waals surface area contributed by atoms with Gasteiger partial charge in [-0.3, -0.25) is 9.89 Å². The monoisotopic (exact) mass is 493 g/mol. The van der Waals surface area contributed by atoms with E-state index in [9.17, 15) is 4.79 Å². The number of aromatic nitrogens is 4. The zero-order valence-electron chi connectivity index (χ0n) is 18.3. The predicted octanol–water partition coefficient (Wildman–Crippen LogP) is 4.23. The number of H-pyrrole nitrogens is 1. The number of carbonyl (C=O) groups excluding carboxylic acids is 1. The summed E-state index contributed by atoms with van der Waals surface area (Å²) in [4.78, 5) is 22.9. The van der Waals surface area contributed by atoms with Crippen molar-refractivity contribution in [3.8, 4) is 21.1 Å². The molecular formula is C24H24ClN7OS. The number of hydrogen-bond donors (Lipinski definition) is 4. The molecule has 1 aliphatic rings. The number of nitrogens with zero attached hydrogens (tertiary/aromatic N) is 3. The fourth-order valence-corrected chi connectivity index (χ4v) is 5.04. The Kier molecular flexibility index (Phi) is 6.68. The van der Waals surface area contributed by atoms with Gasteiger partial charge in [-0.1, -0.05) is 23.7 Å². The maximum atomic E-state index is 12.2. The highest BCUT2D eigenvalue weighted by Crippen LogP contribution is 2.42. The molecule has 34 heavy (non-hydrogen) atoms. The summed E-state index contributed by atoms with van der Waals surface area (Å²) in [6, 6.07) is 13.7. The molecule has 1 saturated carbocycles. The molecule has 0 saturated heterocycles. The molecule has 8 nitrogen and oxygen atoms in total. The molecule has 1 atom stereocenters. The number of aromatic amines is 1. The maximum absolute atomic E-state index is 12.2. The predicted molar refractivity (Wildman–Crippen MR) is 135 cm³/mol. The van der Waals surface area contributed by atoms with E-state index in [1.807, 2.05) is 36.4 Å². The number of anilines is 1. The zero-order chi connectivity index (χ0) is 23.5. The minimum absolute atomic E-state index is 0.0349. The maximum Gasteiger partial charge on any atom is 0.228 e. The number of benzene rings is 1. The van der Waals surface area contributed by atoms with Gasteiger partial charge in [-0.05, 0) is 59.9 Å². The molecule has 1 amide bonds. The van der Waals surface area contributed by atoms with Gasteiger partial charge in [0.15, 0.2) is 5.82 Å². The van der Waals surface area contributed by atoms with Crippen LogP contribution < -0.4 is 16.4 Å². The molecule has 3 aromatic heterocycles. The highest BCUT2D eigenvalue weighted by Gasteiger charge is 2.30. The van der Waals surface area contributed by atoms with Gasteiger partial charge in [-0.25, -0.2) is 9.97 Å².